The normalized spacial score (nSPS) is 15.8. The number of fused-ring (bicyclic) bond motifs is 1. The van der Waals surface area contributed by atoms with Gasteiger partial charge in [-0.15, -0.1) is 0 Å². The van der Waals surface area contributed by atoms with Crippen molar-refractivity contribution in [2.24, 2.45) is 0 Å². The number of carbonyl (C=O) groups excluding carboxylic acids is 2. The van der Waals surface area contributed by atoms with Crippen LogP contribution in [0.4, 0.5) is 0 Å². The maximum atomic E-state index is 13.3. The van der Waals surface area contributed by atoms with Crippen molar-refractivity contribution in [3.05, 3.63) is 71.0 Å². The lowest BCUT2D eigenvalue weighted by atomic mass is 9.94. The van der Waals surface area contributed by atoms with Crippen LogP contribution >= 0.6 is 0 Å². The van der Waals surface area contributed by atoms with Crippen molar-refractivity contribution in [2.45, 2.75) is 90.4 Å². The van der Waals surface area contributed by atoms with Gasteiger partial charge in [-0.05, 0) is 53.4 Å². The molecule has 2 N–H and O–H groups in total. The molecule has 0 bridgehead atoms. The fraction of sp³-hybridized carbons (Fsp3) is 0.429. The molecule has 2 aliphatic heterocycles. The van der Waals surface area contributed by atoms with Crippen molar-refractivity contribution in [3.8, 4) is 0 Å². The van der Waals surface area contributed by atoms with Crippen LogP contribution in [0.1, 0.15) is 76.6 Å². The molecule has 0 saturated carbocycles. The van der Waals surface area contributed by atoms with Crippen LogP contribution in [0.5, 0.6) is 0 Å². The fourth-order valence-electron chi connectivity index (χ4n) is 8.07. The van der Waals surface area contributed by atoms with E-state index < -0.39 is 8.32 Å². The number of amides is 2. The molecule has 4 aromatic rings. The first-order valence-corrected chi connectivity index (χ1v) is 17.7. The Morgan fingerprint density at radius 3 is 2.26 bits per heavy atom. The molecule has 0 saturated heterocycles. The molecular formula is C35H43N3O3Si. The maximum Gasteiger partial charge on any atom is 0.259 e. The quantitative estimate of drug-likeness (QED) is 0.114. The Morgan fingerprint density at radius 2 is 1.55 bits per heavy atom. The lowest BCUT2D eigenvalue weighted by Gasteiger charge is -2.42. The molecule has 0 unspecified atom stereocenters. The number of benzene rings is 2. The summed E-state index contributed by atoms with van der Waals surface area (Å²) in [7, 11) is -1.90. The van der Waals surface area contributed by atoms with Crippen LogP contribution in [0.2, 0.25) is 16.6 Å². The molecule has 6 rings (SSSR count). The zero-order valence-corrected chi connectivity index (χ0v) is 26.8. The molecule has 42 heavy (non-hydrogen) atoms. The summed E-state index contributed by atoms with van der Waals surface area (Å²) in [4.78, 5) is 30.1. The first kappa shape index (κ1) is 28.7. The molecule has 2 aromatic heterocycles. The number of imide groups is 1. The number of nitrogens with zero attached hydrogens (tertiary/aromatic N) is 1. The Kier molecular flexibility index (Phi) is 7.52. The van der Waals surface area contributed by atoms with Crippen LogP contribution in [0.3, 0.4) is 0 Å². The highest BCUT2D eigenvalue weighted by Gasteiger charge is 2.44. The second-order valence-electron chi connectivity index (χ2n) is 13.0. The number of hydrogen-bond donors (Lipinski definition) is 2. The molecule has 7 heteroatoms. The van der Waals surface area contributed by atoms with Crippen molar-refractivity contribution in [1.82, 2.24) is 14.9 Å². The molecule has 2 amide bonds. The third-order valence-corrected chi connectivity index (χ3v) is 15.9. The number of hydrogen-bond acceptors (Lipinski definition) is 3. The Bertz CT molecular complexity index is 1700. The van der Waals surface area contributed by atoms with Gasteiger partial charge >= 0.3 is 0 Å². The van der Waals surface area contributed by atoms with E-state index in [0.29, 0.717) is 27.8 Å². The van der Waals surface area contributed by atoms with Crippen molar-refractivity contribution >= 4 is 53.1 Å². The van der Waals surface area contributed by atoms with E-state index in [4.69, 9.17) is 4.43 Å². The topological polar surface area (TPSA) is 76.1 Å². The van der Waals surface area contributed by atoms with E-state index in [-0.39, 0.29) is 11.8 Å². The monoisotopic (exact) mass is 581 g/mol. The number of aromatic amines is 1. The van der Waals surface area contributed by atoms with Gasteiger partial charge in [0.05, 0.1) is 16.7 Å². The van der Waals surface area contributed by atoms with Gasteiger partial charge in [0.15, 0.2) is 8.32 Å². The molecule has 220 valence electrons. The second-order valence-corrected chi connectivity index (χ2v) is 18.5. The summed E-state index contributed by atoms with van der Waals surface area (Å²) in [5, 5.41) is 4.60. The summed E-state index contributed by atoms with van der Waals surface area (Å²) < 4.78 is 9.06. The van der Waals surface area contributed by atoms with Crippen LogP contribution in [-0.4, -0.2) is 36.3 Å². The molecule has 6 nitrogen and oxygen atoms in total. The molecule has 0 radical (unpaired) electrons. The minimum atomic E-state index is -1.90. The summed E-state index contributed by atoms with van der Waals surface area (Å²) in [6.45, 7) is 15.6. The van der Waals surface area contributed by atoms with Gasteiger partial charge in [-0.1, -0.05) is 77.9 Å². The van der Waals surface area contributed by atoms with E-state index in [1.54, 1.807) is 0 Å². The third-order valence-electron chi connectivity index (χ3n) is 9.75. The number of carbonyl (C=O) groups is 2. The number of rotatable bonds is 10. The largest absolute Gasteiger partial charge is 0.416 e. The molecule has 4 heterocycles. The molecule has 0 fully saturated rings. The molecule has 0 spiro atoms. The molecule has 0 atom stereocenters. The number of nitrogens with one attached hydrogen (secondary N) is 2. The van der Waals surface area contributed by atoms with Crippen molar-refractivity contribution in [3.63, 3.8) is 0 Å². The van der Waals surface area contributed by atoms with Crippen LogP contribution in [0.15, 0.2) is 48.8 Å². The SMILES string of the molecule is CC(C)[Si](OCCCc1cccc2c(C3=C(c4cn5c6c(cccc46)CCC5)C(=O)NC3=O)c[nH]c12)(C(C)C)C(C)C. The highest BCUT2D eigenvalue weighted by molar-refractivity contribution is 6.77. The third kappa shape index (κ3) is 4.49. The number of para-hydroxylation sites is 2. The van der Waals surface area contributed by atoms with Crippen LogP contribution in [0, 0.1) is 0 Å². The van der Waals surface area contributed by atoms with Gasteiger partial charge in [-0.25, -0.2) is 0 Å². The minimum Gasteiger partial charge on any atom is -0.416 e. The highest BCUT2D eigenvalue weighted by Crippen LogP contribution is 2.43. The lowest BCUT2D eigenvalue weighted by Crippen LogP contribution is -2.48. The Hall–Kier alpha value is -3.42. The second kappa shape index (κ2) is 11.0. The number of aromatic nitrogens is 2. The fourth-order valence-corrected chi connectivity index (χ4v) is 13.6. The van der Waals surface area contributed by atoms with Gasteiger partial charge in [-0.3, -0.25) is 14.9 Å². The van der Waals surface area contributed by atoms with E-state index in [1.165, 1.54) is 16.6 Å². The molecular weight excluding hydrogens is 538 g/mol. The lowest BCUT2D eigenvalue weighted by molar-refractivity contribution is -0.122. The summed E-state index contributed by atoms with van der Waals surface area (Å²) in [5.74, 6) is -0.659. The predicted molar refractivity (Wildman–Crippen MR) is 174 cm³/mol. The van der Waals surface area contributed by atoms with Gasteiger partial charge in [-0.2, -0.15) is 0 Å². The van der Waals surface area contributed by atoms with Gasteiger partial charge in [0.25, 0.3) is 11.8 Å². The van der Waals surface area contributed by atoms with Crippen molar-refractivity contribution in [1.29, 1.82) is 0 Å². The van der Waals surface area contributed by atoms with E-state index in [0.717, 1.165) is 66.3 Å². The van der Waals surface area contributed by atoms with Crippen molar-refractivity contribution in [2.75, 3.05) is 6.61 Å². The number of H-pyrrole nitrogens is 1. The average molecular weight is 582 g/mol. The van der Waals surface area contributed by atoms with E-state index >= 15 is 0 Å². The smallest absolute Gasteiger partial charge is 0.259 e. The Labute approximate surface area is 249 Å². The zero-order chi connectivity index (χ0) is 29.8. The maximum absolute atomic E-state index is 13.3. The summed E-state index contributed by atoms with van der Waals surface area (Å²) >= 11 is 0. The van der Waals surface area contributed by atoms with Gasteiger partial charge in [0, 0.05) is 53.0 Å². The first-order chi connectivity index (χ1) is 20.1. The van der Waals surface area contributed by atoms with Crippen LogP contribution < -0.4 is 5.32 Å². The van der Waals surface area contributed by atoms with E-state index in [9.17, 15) is 9.59 Å². The average Bonchev–Trinajstić information content (AvgIpc) is 3.62. The van der Waals surface area contributed by atoms with Crippen LogP contribution in [0.25, 0.3) is 33.0 Å². The minimum absolute atomic E-state index is 0.325. The Morgan fingerprint density at radius 1 is 0.881 bits per heavy atom. The van der Waals surface area contributed by atoms with Gasteiger partial charge in [0.2, 0.25) is 0 Å². The van der Waals surface area contributed by atoms with Crippen molar-refractivity contribution < 1.29 is 14.0 Å². The standard InChI is InChI=1S/C35H43N3O3Si/c1-21(2)42(22(3)4,23(5)6)41-18-10-14-24-11-7-15-26-28(19-36-32(24)26)30-31(35(40)37-34(30)39)29-20-38-17-9-13-25-12-8-16-27(29)33(25)38/h7-8,11-12,15-16,19-23,36H,9-10,13-14,17-18H2,1-6H3,(H,37,39,40). The van der Waals surface area contributed by atoms with E-state index in [2.05, 4.69) is 92.9 Å². The highest BCUT2D eigenvalue weighted by atomic mass is 28.4. The number of aryl methyl sites for hydroxylation is 3. The zero-order valence-electron chi connectivity index (χ0n) is 25.8. The van der Waals surface area contributed by atoms with Gasteiger partial charge < -0.3 is 14.0 Å². The summed E-state index contributed by atoms with van der Waals surface area (Å²) in [6.07, 6.45) is 7.88. The predicted octanol–water partition coefficient (Wildman–Crippen LogP) is 7.76. The summed E-state index contributed by atoms with van der Waals surface area (Å²) in [5.41, 5.74) is 8.93. The van der Waals surface area contributed by atoms with Gasteiger partial charge in [0.1, 0.15) is 0 Å². The van der Waals surface area contributed by atoms with Crippen LogP contribution in [-0.2, 0) is 33.4 Å². The molecule has 2 aliphatic rings. The Balaban J connectivity index is 1.34. The summed E-state index contributed by atoms with van der Waals surface area (Å²) in [6, 6.07) is 12.6. The first-order valence-electron chi connectivity index (χ1n) is 15.6. The molecule has 2 aromatic carbocycles. The molecule has 0 aliphatic carbocycles. The van der Waals surface area contributed by atoms with E-state index in [1.807, 2.05) is 12.3 Å².